The van der Waals surface area contributed by atoms with Crippen molar-refractivity contribution in [2.24, 2.45) is 0 Å². The predicted octanol–water partition coefficient (Wildman–Crippen LogP) is 3.99. The van der Waals surface area contributed by atoms with Crippen LogP contribution in [0.1, 0.15) is 23.5 Å². The van der Waals surface area contributed by atoms with E-state index in [-0.39, 0.29) is 5.92 Å². The van der Waals surface area contributed by atoms with Gasteiger partial charge in [-0.3, -0.25) is 0 Å². The summed E-state index contributed by atoms with van der Waals surface area (Å²) in [7, 11) is -3.40. The van der Waals surface area contributed by atoms with E-state index in [2.05, 4.69) is 0 Å². The molecule has 3 rings (SSSR count). The molecule has 1 fully saturated rings. The fourth-order valence-corrected chi connectivity index (χ4v) is 5.25. The van der Waals surface area contributed by atoms with E-state index >= 15 is 0 Å². The highest BCUT2D eigenvalue weighted by Crippen LogP contribution is 2.34. The second-order valence-corrected chi connectivity index (χ2v) is 8.52. The second kappa shape index (κ2) is 6.63. The van der Waals surface area contributed by atoms with Crippen molar-refractivity contribution < 1.29 is 13.2 Å². The van der Waals surface area contributed by atoms with Gasteiger partial charge in [-0.25, -0.2) is 8.42 Å². The lowest BCUT2D eigenvalue weighted by Gasteiger charge is -2.31. The first-order valence-electron chi connectivity index (χ1n) is 7.62. The minimum atomic E-state index is -3.40. The van der Waals surface area contributed by atoms with E-state index in [0.29, 0.717) is 29.6 Å². The zero-order valence-corrected chi connectivity index (χ0v) is 14.5. The van der Waals surface area contributed by atoms with Crippen molar-refractivity contribution in [3.63, 3.8) is 0 Å². The molecular formula is C18H19ClO3S. The first kappa shape index (κ1) is 16.5. The van der Waals surface area contributed by atoms with Gasteiger partial charge in [0.05, 0.1) is 16.8 Å². The van der Waals surface area contributed by atoms with Crippen LogP contribution in [0.25, 0.3) is 0 Å². The molecule has 0 spiro atoms. The molecule has 0 radical (unpaired) electrons. The maximum atomic E-state index is 13.1. The van der Waals surface area contributed by atoms with E-state index in [4.69, 9.17) is 16.3 Å². The highest BCUT2D eigenvalue weighted by Gasteiger charge is 2.38. The number of benzene rings is 2. The smallest absolute Gasteiger partial charge is 0.182 e. The van der Waals surface area contributed by atoms with Crippen LogP contribution in [0.3, 0.4) is 0 Å². The van der Waals surface area contributed by atoms with Gasteiger partial charge in [0.1, 0.15) is 0 Å². The summed E-state index contributed by atoms with van der Waals surface area (Å²) in [4.78, 5) is 0.392. The van der Waals surface area contributed by atoms with E-state index in [0.717, 1.165) is 11.1 Å². The SMILES string of the molecule is Cc1cccc(S(=O)(=O)C2CCOCC2c2ccc(Cl)cc2)c1. The first-order valence-corrected chi connectivity index (χ1v) is 9.55. The van der Waals surface area contributed by atoms with Crippen molar-refractivity contribution in [1.29, 1.82) is 0 Å². The minimum absolute atomic E-state index is 0.175. The molecule has 1 aliphatic heterocycles. The van der Waals surface area contributed by atoms with Crippen LogP contribution in [0.4, 0.5) is 0 Å². The van der Waals surface area contributed by atoms with Crippen molar-refractivity contribution in [2.75, 3.05) is 13.2 Å². The maximum absolute atomic E-state index is 13.1. The molecule has 23 heavy (non-hydrogen) atoms. The molecule has 0 N–H and O–H groups in total. The first-order chi connectivity index (χ1) is 11.0. The third kappa shape index (κ3) is 3.44. The quantitative estimate of drug-likeness (QED) is 0.840. The molecule has 0 amide bonds. The molecule has 0 saturated carbocycles. The molecule has 2 aromatic rings. The summed E-state index contributed by atoms with van der Waals surface area (Å²) in [5, 5.41) is 0.169. The van der Waals surface area contributed by atoms with Crippen molar-refractivity contribution >= 4 is 21.4 Å². The topological polar surface area (TPSA) is 43.4 Å². The lowest BCUT2D eigenvalue weighted by molar-refractivity contribution is 0.0822. The van der Waals surface area contributed by atoms with Gasteiger partial charge in [0, 0.05) is 17.5 Å². The molecule has 2 unspecified atom stereocenters. The average molecular weight is 351 g/mol. The van der Waals surface area contributed by atoms with E-state index in [1.807, 2.05) is 25.1 Å². The third-order valence-electron chi connectivity index (χ3n) is 4.31. The number of halogens is 1. The van der Waals surface area contributed by atoms with E-state index in [9.17, 15) is 8.42 Å². The zero-order chi connectivity index (χ0) is 16.4. The molecule has 5 heteroatoms. The number of hydrogen-bond acceptors (Lipinski definition) is 3. The molecule has 0 aromatic heterocycles. The number of ether oxygens (including phenoxy) is 1. The Bertz CT molecular complexity index is 784. The van der Waals surface area contributed by atoms with E-state index < -0.39 is 15.1 Å². The molecule has 0 bridgehead atoms. The molecule has 1 heterocycles. The molecule has 1 saturated heterocycles. The second-order valence-electron chi connectivity index (χ2n) is 5.92. The molecule has 2 atom stereocenters. The van der Waals surface area contributed by atoms with Gasteiger partial charge in [-0.1, -0.05) is 35.9 Å². The van der Waals surface area contributed by atoms with Crippen molar-refractivity contribution in [3.8, 4) is 0 Å². The fraction of sp³-hybridized carbons (Fsp3) is 0.333. The molecule has 0 aliphatic carbocycles. The number of hydrogen-bond donors (Lipinski definition) is 0. The van der Waals surface area contributed by atoms with Crippen molar-refractivity contribution in [3.05, 3.63) is 64.7 Å². The molecule has 3 nitrogen and oxygen atoms in total. The predicted molar refractivity (Wildman–Crippen MR) is 91.8 cm³/mol. The normalized spacial score (nSPS) is 22.0. The maximum Gasteiger partial charge on any atom is 0.182 e. The van der Waals surface area contributed by atoms with Crippen LogP contribution in [0.2, 0.25) is 5.02 Å². The van der Waals surface area contributed by atoms with Crippen LogP contribution in [0.15, 0.2) is 53.4 Å². The van der Waals surface area contributed by atoms with Crippen LogP contribution in [-0.2, 0) is 14.6 Å². The van der Waals surface area contributed by atoms with E-state index in [1.54, 1.807) is 30.3 Å². The van der Waals surface area contributed by atoms with Gasteiger partial charge >= 0.3 is 0 Å². The summed E-state index contributed by atoms with van der Waals surface area (Å²) in [5.74, 6) is -0.175. The summed E-state index contributed by atoms with van der Waals surface area (Å²) in [6.45, 7) is 2.79. The lowest BCUT2D eigenvalue weighted by Crippen LogP contribution is -2.36. The summed E-state index contributed by atoms with van der Waals surface area (Å²) < 4.78 is 31.8. The highest BCUT2D eigenvalue weighted by molar-refractivity contribution is 7.92. The summed E-state index contributed by atoms with van der Waals surface area (Å²) in [5.41, 5.74) is 1.90. The molecule has 122 valence electrons. The molecule has 2 aromatic carbocycles. The standard InChI is InChI=1S/C18H19ClO3S/c1-13-3-2-4-16(11-13)23(20,21)18-9-10-22-12-17(18)14-5-7-15(19)8-6-14/h2-8,11,17-18H,9-10,12H2,1H3. The fourth-order valence-electron chi connectivity index (χ4n) is 3.08. The van der Waals surface area contributed by atoms with Crippen molar-refractivity contribution in [2.45, 2.75) is 29.4 Å². The van der Waals surface area contributed by atoms with Gasteiger partial charge in [-0.2, -0.15) is 0 Å². The van der Waals surface area contributed by atoms with Crippen LogP contribution in [-0.4, -0.2) is 26.9 Å². The summed E-state index contributed by atoms with van der Waals surface area (Å²) in [6.07, 6.45) is 0.504. The lowest BCUT2D eigenvalue weighted by atomic mass is 9.93. The van der Waals surface area contributed by atoms with Gasteiger partial charge in [0.2, 0.25) is 0 Å². The Morgan fingerprint density at radius 2 is 1.87 bits per heavy atom. The van der Waals surface area contributed by atoms with Gasteiger partial charge in [0.25, 0.3) is 0 Å². The van der Waals surface area contributed by atoms with Gasteiger partial charge in [-0.15, -0.1) is 0 Å². The minimum Gasteiger partial charge on any atom is -0.381 e. The molecular weight excluding hydrogens is 332 g/mol. The Morgan fingerprint density at radius 3 is 2.57 bits per heavy atom. The van der Waals surface area contributed by atoms with Crippen LogP contribution in [0, 0.1) is 6.92 Å². The highest BCUT2D eigenvalue weighted by atomic mass is 35.5. The summed E-state index contributed by atoms with van der Waals surface area (Å²) >= 11 is 5.94. The monoisotopic (exact) mass is 350 g/mol. The van der Waals surface area contributed by atoms with Gasteiger partial charge < -0.3 is 4.74 Å². The van der Waals surface area contributed by atoms with E-state index in [1.165, 1.54) is 0 Å². The number of sulfone groups is 1. The molecule has 1 aliphatic rings. The third-order valence-corrected chi connectivity index (χ3v) is 6.83. The Labute approximate surface area is 142 Å². The van der Waals surface area contributed by atoms with Gasteiger partial charge in [-0.05, 0) is 48.7 Å². The summed E-state index contributed by atoms with van der Waals surface area (Å²) in [6, 6.07) is 14.5. The Morgan fingerprint density at radius 1 is 1.13 bits per heavy atom. The van der Waals surface area contributed by atoms with Crippen molar-refractivity contribution in [1.82, 2.24) is 0 Å². The Balaban J connectivity index is 1.99. The van der Waals surface area contributed by atoms with Crippen LogP contribution >= 0.6 is 11.6 Å². The van der Waals surface area contributed by atoms with Crippen LogP contribution < -0.4 is 0 Å². The largest absolute Gasteiger partial charge is 0.381 e. The van der Waals surface area contributed by atoms with Crippen LogP contribution in [0.5, 0.6) is 0 Å². The zero-order valence-electron chi connectivity index (χ0n) is 12.9. The Kier molecular flexibility index (Phi) is 4.76. The van der Waals surface area contributed by atoms with Gasteiger partial charge in [0.15, 0.2) is 9.84 Å². The number of rotatable bonds is 3. The average Bonchev–Trinajstić information content (AvgIpc) is 2.55. The Hall–Kier alpha value is -1.36. The number of aryl methyl sites for hydroxylation is 1.